The second-order valence-electron chi connectivity index (χ2n) is 2.39. The number of carbonyl (C=O) groups is 1. The summed E-state index contributed by atoms with van der Waals surface area (Å²) in [7, 11) is 1.15. The fourth-order valence-corrected chi connectivity index (χ4v) is 1.47. The third-order valence-corrected chi connectivity index (χ3v) is 2.21. The number of carbonyl (C=O) groups excluding carboxylic acids is 1. The summed E-state index contributed by atoms with van der Waals surface area (Å²) in [4.78, 5) is 13.5. The second-order valence-corrected chi connectivity index (χ2v) is 3.13. The van der Waals surface area contributed by atoms with Crippen LogP contribution in [-0.2, 0) is 9.53 Å². The van der Waals surface area contributed by atoms with Crippen molar-refractivity contribution in [1.82, 2.24) is 0 Å². The van der Waals surface area contributed by atoms with Gasteiger partial charge in [-0.1, -0.05) is 5.11 Å². The molecule has 0 aliphatic heterocycles. The third-order valence-electron chi connectivity index (χ3n) is 1.48. The minimum atomic E-state index is -0.807. The lowest BCUT2D eigenvalue weighted by Gasteiger charge is -1.96. The number of methoxy groups -OCH3 is 1. The first-order chi connectivity index (χ1) is 7.19. The number of rotatable bonds is 3. The van der Waals surface area contributed by atoms with E-state index in [9.17, 15) is 9.18 Å². The molecule has 1 rings (SSSR count). The van der Waals surface area contributed by atoms with Crippen molar-refractivity contribution in [1.29, 1.82) is 0 Å². The van der Waals surface area contributed by atoms with Crippen LogP contribution >= 0.6 is 11.3 Å². The SMILES string of the molecule is COC(=O)/C(=C/c1cscc1F)N=[N+]=[N-]. The van der Waals surface area contributed by atoms with E-state index in [2.05, 4.69) is 14.8 Å². The van der Waals surface area contributed by atoms with Crippen molar-refractivity contribution in [2.45, 2.75) is 0 Å². The zero-order valence-corrected chi connectivity index (χ0v) is 8.49. The van der Waals surface area contributed by atoms with Crippen LogP contribution in [0.25, 0.3) is 16.5 Å². The standard InChI is InChI=1S/C8H6FN3O2S/c1-14-8(13)7(11-12-10)2-5-3-15-4-6(5)9/h2-4H,1H3/b7-2-. The molecule has 0 aromatic carbocycles. The summed E-state index contributed by atoms with van der Waals surface area (Å²) in [5.74, 6) is -1.28. The summed E-state index contributed by atoms with van der Waals surface area (Å²) < 4.78 is 17.4. The normalized spacial score (nSPS) is 10.7. The summed E-state index contributed by atoms with van der Waals surface area (Å²) in [6.45, 7) is 0. The first kappa shape index (κ1) is 11.2. The van der Waals surface area contributed by atoms with E-state index < -0.39 is 11.8 Å². The van der Waals surface area contributed by atoms with Crippen LogP contribution in [0.2, 0.25) is 0 Å². The fourth-order valence-electron chi connectivity index (χ4n) is 0.823. The summed E-state index contributed by atoms with van der Waals surface area (Å²) in [6.07, 6.45) is 1.14. The van der Waals surface area contributed by atoms with Crippen molar-refractivity contribution >= 4 is 23.4 Å². The van der Waals surface area contributed by atoms with Crippen LogP contribution in [0.15, 0.2) is 21.6 Å². The van der Waals surface area contributed by atoms with Crippen LogP contribution in [0.5, 0.6) is 0 Å². The van der Waals surface area contributed by atoms with Crippen LogP contribution in [0, 0.1) is 5.82 Å². The molecular weight excluding hydrogens is 221 g/mol. The van der Waals surface area contributed by atoms with Gasteiger partial charge in [-0.2, -0.15) is 0 Å². The zero-order valence-electron chi connectivity index (χ0n) is 7.68. The number of hydrogen-bond acceptors (Lipinski definition) is 4. The third kappa shape index (κ3) is 2.80. The van der Waals surface area contributed by atoms with Gasteiger partial charge in [-0.25, -0.2) is 9.18 Å². The number of hydrogen-bond donors (Lipinski definition) is 0. The Balaban J connectivity index is 3.09. The summed E-state index contributed by atoms with van der Waals surface area (Å²) in [6, 6.07) is 0. The van der Waals surface area contributed by atoms with Gasteiger partial charge in [-0.15, -0.1) is 11.3 Å². The van der Waals surface area contributed by atoms with Crippen molar-refractivity contribution < 1.29 is 13.9 Å². The van der Waals surface area contributed by atoms with E-state index in [1.807, 2.05) is 0 Å². The number of halogens is 1. The number of esters is 1. The average molecular weight is 227 g/mol. The molecule has 1 aromatic heterocycles. The molecule has 7 heteroatoms. The number of nitrogens with zero attached hydrogens (tertiary/aromatic N) is 3. The Kier molecular flexibility index (Phi) is 3.84. The predicted molar refractivity (Wildman–Crippen MR) is 53.4 cm³/mol. The average Bonchev–Trinajstić information content (AvgIpc) is 2.63. The Hall–Kier alpha value is -1.85. The Labute approximate surface area is 88.4 Å². The Morgan fingerprint density at radius 1 is 1.73 bits per heavy atom. The van der Waals surface area contributed by atoms with Gasteiger partial charge >= 0.3 is 5.97 Å². The lowest BCUT2D eigenvalue weighted by molar-refractivity contribution is -0.136. The van der Waals surface area contributed by atoms with Gasteiger partial charge in [0.15, 0.2) is 0 Å². The number of thiophene rings is 1. The van der Waals surface area contributed by atoms with Crippen molar-refractivity contribution in [3.63, 3.8) is 0 Å². The maximum absolute atomic E-state index is 13.0. The van der Waals surface area contributed by atoms with E-state index in [1.54, 1.807) is 0 Å². The highest BCUT2D eigenvalue weighted by molar-refractivity contribution is 7.08. The van der Waals surface area contributed by atoms with E-state index >= 15 is 0 Å². The fraction of sp³-hybridized carbons (Fsp3) is 0.125. The van der Waals surface area contributed by atoms with Crippen molar-refractivity contribution in [3.05, 3.63) is 38.3 Å². The highest BCUT2D eigenvalue weighted by Crippen LogP contribution is 2.17. The van der Waals surface area contributed by atoms with Gasteiger partial charge in [0.1, 0.15) is 11.5 Å². The molecule has 0 bridgehead atoms. The molecule has 0 fully saturated rings. The Morgan fingerprint density at radius 2 is 2.47 bits per heavy atom. The largest absolute Gasteiger partial charge is 0.466 e. The summed E-state index contributed by atoms with van der Waals surface area (Å²) in [5.41, 5.74) is 8.11. The molecule has 78 valence electrons. The van der Waals surface area contributed by atoms with Crippen LogP contribution in [-0.4, -0.2) is 13.1 Å². The molecular formula is C8H6FN3O2S. The van der Waals surface area contributed by atoms with E-state index in [0.717, 1.165) is 24.5 Å². The van der Waals surface area contributed by atoms with E-state index in [0.29, 0.717) is 0 Å². The molecule has 15 heavy (non-hydrogen) atoms. The minimum Gasteiger partial charge on any atom is -0.466 e. The molecule has 1 heterocycles. The van der Waals surface area contributed by atoms with Gasteiger partial charge in [0.25, 0.3) is 0 Å². The van der Waals surface area contributed by atoms with Gasteiger partial charge in [-0.3, -0.25) is 0 Å². The second kappa shape index (κ2) is 5.14. The molecule has 0 amide bonds. The molecule has 0 saturated heterocycles. The quantitative estimate of drug-likeness (QED) is 0.262. The maximum atomic E-state index is 13.0. The summed E-state index contributed by atoms with van der Waals surface area (Å²) in [5, 5.41) is 5.88. The molecule has 0 spiro atoms. The van der Waals surface area contributed by atoms with Crippen LogP contribution in [0.3, 0.4) is 0 Å². The van der Waals surface area contributed by atoms with Crippen LogP contribution in [0.1, 0.15) is 5.56 Å². The van der Waals surface area contributed by atoms with Crippen molar-refractivity contribution in [2.75, 3.05) is 7.11 Å². The number of ether oxygens (including phenoxy) is 1. The monoisotopic (exact) mass is 227 g/mol. The molecule has 1 aromatic rings. The predicted octanol–water partition coefficient (Wildman–Crippen LogP) is 2.71. The molecule has 0 aliphatic carbocycles. The first-order valence-electron chi connectivity index (χ1n) is 3.76. The van der Waals surface area contributed by atoms with Gasteiger partial charge in [0.2, 0.25) is 0 Å². The van der Waals surface area contributed by atoms with Crippen LogP contribution < -0.4 is 0 Å². The summed E-state index contributed by atoms with van der Waals surface area (Å²) >= 11 is 1.14. The van der Waals surface area contributed by atoms with Crippen molar-refractivity contribution in [2.24, 2.45) is 5.11 Å². The molecule has 5 nitrogen and oxygen atoms in total. The van der Waals surface area contributed by atoms with Crippen molar-refractivity contribution in [3.8, 4) is 0 Å². The maximum Gasteiger partial charge on any atom is 0.340 e. The van der Waals surface area contributed by atoms with Gasteiger partial charge in [0, 0.05) is 21.2 Å². The smallest absolute Gasteiger partial charge is 0.340 e. The van der Waals surface area contributed by atoms with E-state index in [1.165, 1.54) is 10.8 Å². The lowest BCUT2D eigenvalue weighted by atomic mass is 10.2. The topological polar surface area (TPSA) is 75.1 Å². The first-order valence-corrected chi connectivity index (χ1v) is 4.70. The molecule has 0 N–H and O–H groups in total. The van der Waals surface area contributed by atoms with E-state index in [4.69, 9.17) is 5.53 Å². The molecule has 0 radical (unpaired) electrons. The molecule has 0 atom stereocenters. The van der Waals surface area contributed by atoms with Gasteiger partial charge in [-0.05, 0) is 11.6 Å². The van der Waals surface area contributed by atoms with E-state index in [-0.39, 0.29) is 11.3 Å². The van der Waals surface area contributed by atoms with Gasteiger partial charge in [0.05, 0.1) is 7.11 Å². The Morgan fingerprint density at radius 3 is 2.93 bits per heavy atom. The highest BCUT2D eigenvalue weighted by Gasteiger charge is 2.09. The van der Waals surface area contributed by atoms with Crippen LogP contribution in [0.4, 0.5) is 4.39 Å². The minimum absolute atomic E-state index is 0.188. The zero-order chi connectivity index (χ0) is 11.3. The lowest BCUT2D eigenvalue weighted by Crippen LogP contribution is -2.01. The van der Waals surface area contributed by atoms with Gasteiger partial charge < -0.3 is 4.74 Å². The molecule has 0 unspecified atom stereocenters. The number of azide groups is 1. The highest BCUT2D eigenvalue weighted by atomic mass is 32.1. The molecule has 0 aliphatic rings. The Bertz CT molecular complexity index is 448. The molecule has 0 saturated carbocycles.